The van der Waals surface area contributed by atoms with Gasteiger partial charge in [-0.15, -0.1) is 11.3 Å². The van der Waals surface area contributed by atoms with Crippen molar-refractivity contribution in [2.24, 2.45) is 0 Å². The third kappa shape index (κ3) is 1.95. The maximum Gasteiger partial charge on any atom is 0.210 e. The molecule has 1 atom stereocenters. The number of thiazole rings is 1. The van der Waals surface area contributed by atoms with Crippen LogP contribution in [0.15, 0.2) is 10.9 Å². The number of carbonyl (C=O) groups excluding carboxylic acids is 1. The second kappa shape index (κ2) is 3.98. The van der Waals surface area contributed by atoms with Crippen LogP contribution in [-0.2, 0) is 4.74 Å². The zero-order valence-electron chi connectivity index (χ0n) is 7.23. The molecule has 0 bridgehead atoms. The van der Waals surface area contributed by atoms with Crippen LogP contribution in [0, 0.1) is 0 Å². The lowest BCUT2D eigenvalue weighted by atomic mass is 10.0. The van der Waals surface area contributed by atoms with E-state index in [1.54, 1.807) is 10.9 Å². The van der Waals surface area contributed by atoms with Gasteiger partial charge in [-0.1, -0.05) is 0 Å². The molecule has 4 heteroatoms. The van der Waals surface area contributed by atoms with Crippen molar-refractivity contribution in [3.8, 4) is 0 Å². The van der Waals surface area contributed by atoms with Crippen molar-refractivity contribution in [2.45, 2.75) is 25.4 Å². The van der Waals surface area contributed by atoms with Crippen LogP contribution < -0.4 is 0 Å². The SMILES string of the molecule is O=C(c1cscn1)C1CCCCO1. The van der Waals surface area contributed by atoms with Crippen molar-refractivity contribution < 1.29 is 9.53 Å². The van der Waals surface area contributed by atoms with E-state index >= 15 is 0 Å². The number of ether oxygens (including phenoxy) is 1. The van der Waals surface area contributed by atoms with E-state index in [2.05, 4.69) is 4.98 Å². The monoisotopic (exact) mass is 197 g/mol. The Hall–Kier alpha value is -0.740. The maximum absolute atomic E-state index is 11.7. The number of ketones is 1. The van der Waals surface area contributed by atoms with Crippen LogP contribution in [0.5, 0.6) is 0 Å². The molecule has 1 aliphatic heterocycles. The summed E-state index contributed by atoms with van der Waals surface area (Å²) in [5.41, 5.74) is 2.23. The summed E-state index contributed by atoms with van der Waals surface area (Å²) in [5, 5.41) is 1.78. The number of hydrogen-bond acceptors (Lipinski definition) is 4. The molecule has 1 saturated heterocycles. The predicted octanol–water partition coefficient (Wildman–Crippen LogP) is 1.89. The minimum Gasteiger partial charge on any atom is -0.370 e. The molecule has 0 radical (unpaired) electrons. The van der Waals surface area contributed by atoms with Gasteiger partial charge in [0.2, 0.25) is 5.78 Å². The van der Waals surface area contributed by atoms with Crippen LogP contribution in [0.2, 0.25) is 0 Å². The van der Waals surface area contributed by atoms with E-state index in [0.717, 1.165) is 19.3 Å². The number of hydrogen-bond donors (Lipinski definition) is 0. The van der Waals surface area contributed by atoms with Crippen LogP contribution in [0.4, 0.5) is 0 Å². The van der Waals surface area contributed by atoms with E-state index in [9.17, 15) is 4.79 Å². The molecule has 3 nitrogen and oxygen atoms in total. The lowest BCUT2D eigenvalue weighted by Crippen LogP contribution is -2.28. The Kier molecular flexibility index (Phi) is 2.71. The molecule has 1 unspecified atom stereocenters. The van der Waals surface area contributed by atoms with E-state index in [0.29, 0.717) is 12.3 Å². The van der Waals surface area contributed by atoms with Crippen molar-refractivity contribution in [2.75, 3.05) is 6.61 Å². The van der Waals surface area contributed by atoms with Gasteiger partial charge in [-0.05, 0) is 19.3 Å². The van der Waals surface area contributed by atoms with Gasteiger partial charge in [-0.2, -0.15) is 0 Å². The van der Waals surface area contributed by atoms with Gasteiger partial charge >= 0.3 is 0 Å². The van der Waals surface area contributed by atoms with Crippen LogP contribution in [0.1, 0.15) is 29.8 Å². The first-order valence-electron chi connectivity index (χ1n) is 4.42. The summed E-state index contributed by atoms with van der Waals surface area (Å²) >= 11 is 1.44. The maximum atomic E-state index is 11.7. The van der Waals surface area contributed by atoms with Gasteiger partial charge in [0.1, 0.15) is 11.8 Å². The third-order valence-electron chi connectivity index (χ3n) is 2.16. The largest absolute Gasteiger partial charge is 0.370 e. The zero-order valence-corrected chi connectivity index (χ0v) is 8.05. The number of Topliss-reactive ketones (excluding diaryl/α,β-unsaturated/α-hetero) is 1. The lowest BCUT2D eigenvalue weighted by molar-refractivity contribution is 0.0183. The standard InChI is InChI=1S/C9H11NO2S/c11-9(7-5-13-6-10-7)8-3-1-2-4-12-8/h5-6,8H,1-4H2. The summed E-state index contributed by atoms with van der Waals surface area (Å²) in [6.07, 6.45) is 2.76. The first kappa shape index (κ1) is 8.84. The Morgan fingerprint density at radius 2 is 2.54 bits per heavy atom. The number of carbonyl (C=O) groups is 1. The number of nitrogens with zero attached hydrogens (tertiary/aromatic N) is 1. The van der Waals surface area contributed by atoms with Gasteiger partial charge in [0.15, 0.2) is 0 Å². The zero-order chi connectivity index (χ0) is 9.10. The first-order chi connectivity index (χ1) is 6.38. The van der Waals surface area contributed by atoms with Crippen molar-refractivity contribution in [3.05, 3.63) is 16.6 Å². The molecule has 0 amide bonds. The molecular formula is C9H11NO2S. The van der Waals surface area contributed by atoms with Crippen LogP contribution in [0.3, 0.4) is 0 Å². The molecule has 2 rings (SSSR count). The Morgan fingerprint density at radius 1 is 1.62 bits per heavy atom. The van der Waals surface area contributed by atoms with E-state index in [1.165, 1.54) is 11.3 Å². The van der Waals surface area contributed by atoms with Crippen LogP contribution in [-0.4, -0.2) is 23.5 Å². The summed E-state index contributed by atoms with van der Waals surface area (Å²) < 4.78 is 5.38. The number of aromatic nitrogens is 1. The normalized spacial score (nSPS) is 22.9. The Morgan fingerprint density at radius 3 is 3.15 bits per heavy atom. The van der Waals surface area contributed by atoms with Crippen LogP contribution >= 0.6 is 11.3 Å². The average Bonchev–Trinajstić information content (AvgIpc) is 2.71. The Labute approximate surface area is 80.8 Å². The smallest absolute Gasteiger partial charge is 0.210 e. The predicted molar refractivity (Wildman–Crippen MR) is 50.0 cm³/mol. The fraction of sp³-hybridized carbons (Fsp3) is 0.556. The summed E-state index contributed by atoms with van der Waals surface area (Å²) in [6, 6.07) is 0. The fourth-order valence-corrected chi connectivity index (χ4v) is 1.99. The van der Waals surface area contributed by atoms with Crippen molar-refractivity contribution >= 4 is 17.1 Å². The Balaban J connectivity index is 2.04. The second-order valence-corrected chi connectivity index (χ2v) is 3.81. The highest BCUT2D eigenvalue weighted by Gasteiger charge is 2.24. The topological polar surface area (TPSA) is 39.2 Å². The van der Waals surface area contributed by atoms with Gasteiger partial charge in [-0.3, -0.25) is 4.79 Å². The molecule has 0 N–H and O–H groups in total. The second-order valence-electron chi connectivity index (χ2n) is 3.09. The summed E-state index contributed by atoms with van der Waals surface area (Å²) in [4.78, 5) is 15.7. The van der Waals surface area contributed by atoms with Crippen molar-refractivity contribution in [1.82, 2.24) is 4.98 Å². The molecule has 70 valence electrons. The van der Waals surface area contributed by atoms with Crippen molar-refractivity contribution in [1.29, 1.82) is 0 Å². The molecule has 1 aliphatic rings. The van der Waals surface area contributed by atoms with E-state index in [1.807, 2.05) is 0 Å². The van der Waals surface area contributed by atoms with Crippen LogP contribution in [0.25, 0.3) is 0 Å². The van der Waals surface area contributed by atoms with Crippen molar-refractivity contribution in [3.63, 3.8) is 0 Å². The molecule has 0 aromatic carbocycles. The molecule has 1 fully saturated rings. The average molecular weight is 197 g/mol. The molecule has 0 spiro atoms. The summed E-state index contributed by atoms with van der Waals surface area (Å²) in [5.74, 6) is 0.0425. The van der Waals surface area contributed by atoms with Gasteiger partial charge < -0.3 is 4.74 Å². The molecule has 1 aromatic heterocycles. The quantitative estimate of drug-likeness (QED) is 0.680. The van der Waals surface area contributed by atoms with Gasteiger partial charge in [0, 0.05) is 12.0 Å². The minimum absolute atomic E-state index is 0.0425. The molecule has 2 heterocycles. The van der Waals surface area contributed by atoms with E-state index in [-0.39, 0.29) is 11.9 Å². The van der Waals surface area contributed by atoms with Gasteiger partial charge in [0.05, 0.1) is 5.51 Å². The first-order valence-corrected chi connectivity index (χ1v) is 5.36. The molecule has 0 saturated carbocycles. The van der Waals surface area contributed by atoms with E-state index in [4.69, 9.17) is 4.74 Å². The highest BCUT2D eigenvalue weighted by molar-refractivity contribution is 7.07. The molecular weight excluding hydrogens is 186 g/mol. The van der Waals surface area contributed by atoms with E-state index < -0.39 is 0 Å². The summed E-state index contributed by atoms with van der Waals surface area (Å²) in [6.45, 7) is 0.709. The molecule has 13 heavy (non-hydrogen) atoms. The lowest BCUT2D eigenvalue weighted by Gasteiger charge is -2.20. The minimum atomic E-state index is -0.240. The highest BCUT2D eigenvalue weighted by atomic mass is 32.1. The highest BCUT2D eigenvalue weighted by Crippen LogP contribution is 2.17. The number of rotatable bonds is 2. The Bertz CT molecular complexity index is 278. The van der Waals surface area contributed by atoms with Gasteiger partial charge in [0.25, 0.3) is 0 Å². The molecule has 1 aromatic rings. The third-order valence-corrected chi connectivity index (χ3v) is 2.74. The summed E-state index contributed by atoms with van der Waals surface area (Å²) in [7, 11) is 0. The molecule has 0 aliphatic carbocycles. The fourth-order valence-electron chi connectivity index (χ4n) is 1.45. The van der Waals surface area contributed by atoms with Gasteiger partial charge in [-0.25, -0.2) is 4.98 Å².